The lowest BCUT2D eigenvalue weighted by Crippen LogP contribution is -2.34. The summed E-state index contributed by atoms with van der Waals surface area (Å²) in [7, 11) is 0. The summed E-state index contributed by atoms with van der Waals surface area (Å²) in [6.45, 7) is 4.67. The second-order valence-electron chi connectivity index (χ2n) is 8.15. The number of nitrogens with one attached hydrogen (secondary N) is 1. The SMILES string of the molecule is CCn1cc(C(=O)NCCn2nc(-c3ccco3)n(C3CC3)c2=O)c(=O)c2ccc(C)nc21. The number of furan rings is 1. The molecular weight excluding hydrogens is 424 g/mol. The van der Waals surface area contributed by atoms with E-state index < -0.39 is 5.91 Å². The number of rotatable bonds is 7. The highest BCUT2D eigenvalue weighted by Crippen LogP contribution is 2.36. The van der Waals surface area contributed by atoms with E-state index in [4.69, 9.17) is 4.42 Å². The predicted molar refractivity (Wildman–Crippen MR) is 121 cm³/mol. The molecule has 0 unspecified atom stereocenters. The molecule has 0 saturated heterocycles. The van der Waals surface area contributed by atoms with Gasteiger partial charge in [-0.3, -0.25) is 14.2 Å². The van der Waals surface area contributed by atoms with Gasteiger partial charge in [0.15, 0.2) is 5.76 Å². The fourth-order valence-corrected chi connectivity index (χ4v) is 3.93. The molecule has 1 aliphatic carbocycles. The Morgan fingerprint density at radius 1 is 1.24 bits per heavy atom. The average Bonchev–Trinajstić information content (AvgIpc) is 3.38. The fourth-order valence-electron chi connectivity index (χ4n) is 3.93. The van der Waals surface area contributed by atoms with Crippen molar-refractivity contribution in [2.75, 3.05) is 6.54 Å². The maximum Gasteiger partial charge on any atom is 0.346 e. The van der Waals surface area contributed by atoms with Crippen molar-refractivity contribution < 1.29 is 9.21 Å². The normalized spacial score (nSPS) is 13.5. The molecule has 0 radical (unpaired) electrons. The van der Waals surface area contributed by atoms with Crippen molar-refractivity contribution in [3.8, 4) is 11.6 Å². The summed E-state index contributed by atoms with van der Waals surface area (Å²) in [6, 6.07) is 7.10. The van der Waals surface area contributed by atoms with Gasteiger partial charge in [-0.05, 0) is 51.0 Å². The molecule has 1 N–H and O–H groups in total. The molecule has 4 heterocycles. The standard InChI is InChI=1S/C23H24N6O4/c1-3-27-13-17(19(30)16-9-6-14(2)25-20(16)27)22(31)24-10-11-28-23(32)29(15-7-8-15)21(26-28)18-5-4-12-33-18/h4-6,9,12-13,15H,3,7-8,10-11H2,1-2H3,(H,24,31). The largest absolute Gasteiger partial charge is 0.461 e. The van der Waals surface area contributed by atoms with Gasteiger partial charge in [-0.1, -0.05) is 0 Å². The van der Waals surface area contributed by atoms with E-state index in [1.54, 1.807) is 39.7 Å². The Balaban J connectivity index is 1.37. The van der Waals surface area contributed by atoms with Crippen LogP contribution in [0.25, 0.3) is 22.6 Å². The Morgan fingerprint density at radius 2 is 2.06 bits per heavy atom. The molecule has 0 atom stereocenters. The lowest BCUT2D eigenvalue weighted by Gasteiger charge is -2.11. The van der Waals surface area contributed by atoms with Gasteiger partial charge < -0.3 is 14.3 Å². The maximum atomic E-state index is 12.9. The molecule has 4 aromatic heterocycles. The minimum absolute atomic E-state index is 0.0436. The number of fused-ring (bicyclic) bond motifs is 1. The second-order valence-corrected chi connectivity index (χ2v) is 8.15. The third-order valence-electron chi connectivity index (χ3n) is 5.78. The van der Waals surface area contributed by atoms with Crippen molar-refractivity contribution in [2.24, 2.45) is 0 Å². The number of hydrogen-bond acceptors (Lipinski definition) is 6. The number of aromatic nitrogens is 5. The number of carbonyl (C=O) groups is 1. The van der Waals surface area contributed by atoms with Crippen LogP contribution in [-0.4, -0.2) is 36.4 Å². The predicted octanol–water partition coefficient (Wildman–Crippen LogP) is 2.11. The molecule has 10 heteroatoms. The Kier molecular flexibility index (Phi) is 5.20. The van der Waals surface area contributed by atoms with E-state index in [0.717, 1.165) is 18.5 Å². The van der Waals surface area contributed by atoms with E-state index >= 15 is 0 Å². The molecule has 0 aromatic carbocycles. The number of pyridine rings is 2. The molecule has 1 saturated carbocycles. The zero-order chi connectivity index (χ0) is 23.1. The van der Waals surface area contributed by atoms with E-state index in [-0.39, 0.29) is 35.8 Å². The van der Waals surface area contributed by atoms with Crippen LogP contribution in [0.3, 0.4) is 0 Å². The molecule has 0 spiro atoms. The number of aryl methyl sites for hydroxylation is 2. The minimum Gasteiger partial charge on any atom is -0.461 e. The first-order valence-corrected chi connectivity index (χ1v) is 11.0. The molecule has 1 amide bonds. The van der Waals surface area contributed by atoms with E-state index in [2.05, 4.69) is 15.4 Å². The number of carbonyl (C=O) groups excluding carboxylic acids is 1. The maximum absolute atomic E-state index is 12.9. The topological polar surface area (TPSA) is 117 Å². The van der Waals surface area contributed by atoms with E-state index in [0.29, 0.717) is 29.2 Å². The Bertz CT molecular complexity index is 1460. The smallest absolute Gasteiger partial charge is 0.346 e. The molecule has 5 rings (SSSR count). The van der Waals surface area contributed by atoms with E-state index in [9.17, 15) is 14.4 Å². The molecule has 1 aliphatic rings. The van der Waals surface area contributed by atoms with Crippen LogP contribution < -0.4 is 16.4 Å². The van der Waals surface area contributed by atoms with Crippen LogP contribution in [0.2, 0.25) is 0 Å². The van der Waals surface area contributed by atoms with Crippen LogP contribution in [-0.2, 0) is 13.1 Å². The summed E-state index contributed by atoms with van der Waals surface area (Å²) in [5.74, 6) is 0.523. The lowest BCUT2D eigenvalue weighted by molar-refractivity contribution is 0.0950. The Labute approximate surface area is 188 Å². The summed E-state index contributed by atoms with van der Waals surface area (Å²) in [5.41, 5.74) is 0.795. The Morgan fingerprint density at radius 3 is 2.76 bits per heavy atom. The lowest BCUT2D eigenvalue weighted by atomic mass is 10.1. The minimum atomic E-state index is -0.495. The van der Waals surface area contributed by atoms with Crippen LogP contribution in [0.5, 0.6) is 0 Å². The second kappa shape index (κ2) is 8.19. The van der Waals surface area contributed by atoms with Crippen LogP contribution >= 0.6 is 0 Å². The molecule has 1 fully saturated rings. The highest BCUT2D eigenvalue weighted by atomic mass is 16.3. The van der Waals surface area contributed by atoms with Gasteiger partial charge in [-0.25, -0.2) is 14.5 Å². The summed E-state index contributed by atoms with van der Waals surface area (Å²) < 4.78 is 10.2. The zero-order valence-electron chi connectivity index (χ0n) is 18.4. The quantitative estimate of drug-likeness (QED) is 0.463. The van der Waals surface area contributed by atoms with Gasteiger partial charge in [0, 0.05) is 31.0 Å². The molecule has 10 nitrogen and oxygen atoms in total. The van der Waals surface area contributed by atoms with E-state index in [1.807, 2.05) is 13.8 Å². The highest BCUT2D eigenvalue weighted by molar-refractivity contribution is 5.96. The molecule has 4 aromatic rings. The van der Waals surface area contributed by atoms with E-state index in [1.165, 1.54) is 10.9 Å². The van der Waals surface area contributed by atoms with Gasteiger partial charge >= 0.3 is 5.69 Å². The zero-order valence-corrected chi connectivity index (χ0v) is 18.4. The molecule has 33 heavy (non-hydrogen) atoms. The summed E-state index contributed by atoms with van der Waals surface area (Å²) in [5, 5.41) is 7.57. The van der Waals surface area contributed by atoms with Crippen LogP contribution in [0.15, 0.2) is 50.7 Å². The van der Waals surface area contributed by atoms with Crippen molar-refractivity contribution >= 4 is 16.9 Å². The van der Waals surface area contributed by atoms with Gasteiger partial charge in [-0.15, -0.1) is 5.10 Å². The van der Waals surface area contributed by atoms with Crippen LogP contribution in [0.4, 0.5) is 0 Å². The van der Waals surface area contributed by atoms with Crippen LogP contribution in [0, 0.1) is 6.92 Å². The summed E-state index contributed by atoms with van der Waals surface area (Å²) in [6.07, 6.45) is 4.93. The third-order valence-corrected chi connectivity index (χ3v) is 5.78. The van der Waals surface area contributed by atoms with Gasteiger partial charge in [-0.2, -0.15) is 0 Å². The number of nitrogens with zero attached hydrogens (tertiary/aromatic N) is 5. The fraction of sp³-hybridized carbons (Fsp3) is 0.348. The van der Waals surface area contributed by atoms with Gasteiger partial charge in [0.2, 0.25) is 11.3 Å². The van der Waals surface area contributed by atoms with Gasteiger partial charge in [0.25, 0.3) is 5.91 Å². The van der Waals surface area contributed by atoms with Crippen molar-refractivity contribution in [3.05, 3.63) is 68.7 Å². The first kappa shape index (κ1) is 20.9. The highest BCUT2D eigenvalue weighted by Gasteiger charge is 2.31. The third kappa shape index (κ3) is 3.77. The average molecular weight is 448 g/mol. The van der Waals surface area contributed by atoms with Crippen LogP contribution in [0.1, 0.15) is 41.9 Å². The van der Waals surface area contributed by atoms with Gasteiger partial charge in [0.1, 0.15) is 11.2 Å². The molecule has 170 valence electrons. The number of hydrogen-bond donors (Lipinski definition) is 1. The molecule has 0 bridgehead atoms. The summed E-state index contributed by atoms with van der Waals surface area (Å²) >= 11 is 0. The van der Waals surface area contributed by atoms with Gasteiger partial charge in [0.05, 0.1) is 18.2 Å². The van der Waals surface area contributed by atoms with Crippen molar-refractivity contribution in [1.82, 2.24) is 29.2 Å². The van der Waals surface area contributed by atoms with Crippen molar-refractivity contribution in [3.63, 3.8) is 0 Å². The molecule has 0 aliphatic heterocycles. The first-order chi connectivity index (χ1) is 16.0. The first-order valence-electron chi connectivity index (χ1n) is 11.0. The monoisotopic (exact) mass is 448 g/mol. The molecular formula is C23H24N6O4. The van der Waals surface area contributed by atoms with Crippen molar-refractivity contribution in [2.45, 2.75) is 45.8 Å². The van der Waals surface area contributed by atoms with Crippen molar-refractivity contribution in [1.29, 1.82) is 0 Å². The Hall–Kier alpha value is -3.95. The summed E-state index contributed by atoms with van der Waals surface area (Å²) in [4.78, 5) is 43.0. The number of amides is 1.